The van der Waals surface area contributed by atoms with Gasteiger partial charge in [-0.15, -0.1) is 0 Å². The van der Waals surface area contributed by atoms with E-state index in [0.29, 0.717) is 5.41 Å². The third kappa shape index (κ3) is 4.72. The van der Waals surface area contributed by atoms with Crippen molar-refractivity contribution in [3.05, 3.63) is 30.3 Å². The number of hydrogen-bond donors (Lipinski definition) is 1. The molecule has 0 bridgehead atoms. The Labute approximate surface area is 130 Å². The van der Waals surface area contributed by atoms with Gasteiger partial charge in [0.2, 0.25) is 0 Å². The summed E-state index contributed by atoms with van der Waals surface area (Å²) in [7, 11) is 0. The van der Waals surface area contributed by atoms with Crippen LogP contribution >= 0.6 is 0 Å². The molecule has 21 heavy (non-hydrogen) atoms. The van der Waals surface area contributed by atoms with Gasteiger partial charge in [-0.3, -0.25) is 4.90 Å². The summed E-state index contributed by atoms with van der Waals surface area (Å²) in [6.45, 7) is 15.0. The molecule has 1 N–H and O–H groups in total. The second-order valence-corrected chi connectivity index (χ2v) is 6.54. The Morgan fingerprint density at radius 2 is 1.71 bits per heavy atom. The fraction of sp³-hybridized carbons (Fsp3) is 0.667. The van der Waals surface area contributed by atoms with E-state index in [4.69, 9.17) is 0 Å². The molecule has 1 atom stereocenters. The van der Waals surface area contributed by atoms with Crippen molar-refractivity contribution in [2.75, 3.05) is 50.7 Å². The van der Waals surface area contributed by atoms with Crippen LogP contribution in [0.5, 0.6) is 0 Å². The molecular formula is C18H31N3. The molecule has 0 aromatic heterocycles. The molecule has 1 aliphatic heterocycles. The Morgan fingerprint density at radius 3 is 2.29 bits per heavy atom. The third-order valence-electron chi connectivity index (χ3n) is 4.75. The number of nitrogens with zero attached hydrogens (tertiary/aromatic N) is 2. The van der Waals surface area contributed by atoms with E-state index in [1.54, 1.807) is 0 Å². The maximum absolute atomic E-state index is 3.53. The number of nitrogens with one attached hydrogen (secondary N) is 1. The zero-order valence-electron chi connectivity index (χ0n) is 13.9. The Bertz CT molecular complexity index is 398. The van der Waals surface area contributed by atoms with Crippen LogP contribution in [0.25, 0.3) is 0 Å². The number of rotatable bonds is 7. The van der Waals surface area contributed by atoms with Gasteiger partial charge in [0, 0.05) is 45.0 Å². The number of benzene rings is 1. The van der Waals surface area contributed by atoms with Crippen molar-refractivity contribution in [1.82, 2.24) is 10.2 Å². The normalized spacial score (nSPS) is 19.5. The van der Waals surface area contributed by atoms with Gasteiger partial charge in [-0.25, -0.2) is 0 Å². The number of anilines is 1. The smallest absolute Gasteiger partial charge is 0.0367 e. The van der Waals surface area contributed by atoms with Crippen molar-refractivity contribution in [3.63, 3.8) is 0 Å². The van der Waals surface area contributed by atoms with E-state index in [2.05, 4.69) is 66.2 Å². The van der Waals surface area contributed by atoms with Crippen LogP contribution in [0.4, 0.5) is 5.69 Å². The molecule has 118 valence electrons. The summed E-state index contributed by atoms with van der Waals surface area (Å²) >= 11 is 0. The summed E-state index contributed by atoms with van der Waals surface area (Å²) in [6.07, 6.45) is 1.24. The molecule has 1 aliphatic rings. The Kier molecular flexibility index (Phi) is 6.07. The minimum atomic E-state index is 0.394. The standard InChI is InChI=1S/C18H31N3/c1-4-18(3,15-19-5-2)16-20-11-13-21(14-12-20)17-9-7-6-8-10-17/h6-10,19H,4-5,11-16H2,1-3H3. The quantitative estimate of drug-likeness (QED) is 0.833. The molecule has 0 radical (unpaired) electrons. The van der Waals surface area contributed by atoms with Crippen molar-refractivity contribution < 1.29 is 0 Å². The van der Waals surface area contributed by atoms with Gasteiger partial charge in [-0.1, -0.05) is 39.0 Å². The van der Waals surface area contributed by atoms with Gasteiger partial charge < -0.3 is 10.2 Å². The van der Waals surface area contributed by atoms with E-state index in [1.807, 2.05) is 0 Å². The van der Waals surface area contributed by atoms with E-state index in [1.165, 1.54) is 31.7 Å². The van der Waals surface area contributed by atoms with Crippen LogP contribution in [0.1, 0.15) is 27.2 Å². The molecular weight excluding hydrogens is 258 g/mol. The van der Waals surface area contributed by atoms with Crippen LogP contribution in [0.15, 0.2) is 30.3 Å². The van der Waals surface area contributed by atoms with Gasteiger partial charge >= 0.3 is 0 Å². The fourth-order valence-electron chi connectivity index (χ4n) is 3.06. The molecule has 1 heterocycles. The molecule has 0 spiro atoms. The Hall–Kier alpha value is -1.06. The summed E-state index contributed by atoms with van der Waals surface area (Å²) < 4.78 is 0. The Morgan fingerprint density at radius 1 is 1.05 bits per heavy atom. The minimum Gasteiger partial charge on any atom is -0.369 e. The first-order valence-electron chi connectivity index (χ1n) is 8.40. The highest BCUT2D eigenvalue weighted by Crippen LogP contribution is 2.23. The van der Waals surface area contributed by atoms with Gasteiger partial charge in [0.25, 0.3) is 0 Å². The lowest BCUT2D eigenvalue weighted by Crippen LogP contribution is -2.51. The molecule has 1 unspecified atom stereocenters. The van der Waals surface area contributed by atoms with Gasteiger partial charge in [-0.2, -0.15) is 0 Å². The monoisotopic (exact) mass is 289 g/mol. The third-order valence-corrected chi connectivity index (χ3v) is 4.75. The van der Waals surface area contributed by atoms with Crippen LogP contribution in [0.2, 0.25) is 0 Å². The van der Waals surface area contributed by atoms with E-state index in [0.717, 1.165) is 26.2 Å². The number of hydrogen-bond acceptors (Lipinski definition) is 3. The first kappa shape index (κ1) is 16.3. The van der Waals surface area contributed by atoms with Crippen molar-refractivity contribution in [2.45, 2.75) is 27.2 Å². The van der Waals surface area contributed by atoms with E-state index >= 15 is 0 Å². The molecule has 0 aliphatic carbocycles. The molecule has 2 rings (SSSR count). The number of piperazine rings is 1. The molecule has 0 amide bonds. The molecule has 1 aromatic rings. The predicted molar refractivity (Wildman–Crippen MR) is 92.0 cm³/mol. The number of para-hydroxylation sites is 1. The molecule has 1 saturated heterocycles. The molecule has 3 nitrogen and oxygen atoms in total. The summed E-state index contributed by atoms with van der Waals surface area (Å²) in [6, 6.07) is 10.8. The predicted octanol–water partition coefficient (Wildman–Crippen LogP) is 2.83. The topological polar surface area (TPSA) is 18.5 Å². The summed E-state index contributed by atoms with van der Waals surface area (Å²) in [5.74, 6) is 0. The average molecular weight is 289 g/mol. The van der Waals surface area contributed by atoms with Gasteiger partial charge in [0.05, 0.1) is 0 Å². The van der Waals surface area contributed by atoms with E-state index in [9.17, 15) is 0 Å². The second kappa shape index (κ2) is 7.81. The van der Waals surface area contributed by atoms with Crippen molar-refractivity contribution in [1.29, 1.82) is 0 Å². The van der Waals surface area contributed by atoms with E-state index < -0.39 is 0 Å². The first-order chi connectivity index (χ1) is 10.2. The van der Waals surface area contributed by atoms with Crippen molar-refractivity contribution in [2.24, 2.45) is 5.41 Å². The molecule has 1 aromatic carbocycles. The highest BCUT2D eigenvalue weighted by atomic mass is 15.3. The first-order valence-corrected chi connectivity index (χ1v) is 8.40. The van der Waals surface area contributed by atoms with Crippen LogP contribution in [0.3, 0.4) is 0 Å². The lowest BCUT2D eigenvalue weighted by Gasteiger charge is -2.41. The summed E-state index contributed by atoms with van der Waals surface area (Å²) in [5, 5.41) is 3.53. The lowest BCUT2D eigenvalue weighted by atomic mass is 9.86. The molecule has 1 fully saturated rings. The summed E-state index contributed by atoms with van der Waals surface area (Å²) in [4.78, 5) is 5.14. The highest BCUT2D eigenvalue weighted by Gasteiger charge is 2.27. The van der Waals surface area contributed by atoms with Crippen molar-refractivity contribution >= 4 is 5.69 Å². The van der Waals surface area contributed by atoms with Crippen LogP contribution in [0, 0.1) is 5.41 Å². The van der Waals surface area contributed by atoms with Gasteiger partial charge in [0.15, 0.2) is 0 Å². The van der Waals surface area contributed by atoms with Crippen LogP contribution in [-0.4, -0.2) is 50.7 Å². The largest absolute Gasteiger partial charge is 0.369 e. The van der Waals surface area contributed by atoms with Crippen LogP contribution in [-0.2, 0) is 0 Å². The Balaban J connectivity index is 1.83. The molecule has 0 saturated carbocycles. The minimum absolute atomic E-state index is 0.394. The summed E-state index contributed by atoms with van der Waals surface area (Å²) in [5.41, 5.74) is 1.76. The lowest BCUT2D eigenvalue weighted by molar-refractivity contribution is 0.149. The van der Waals surface area contributed by atoms with Gasteiger partial charge in [-0.05, 0) is 30.5 Å². The maximum Gasteiger partial charge on any atom is 0.0367 e. The van der Waals surface area contributed by atoms with Crippen LogP contribution < -0.4 is 10.2 Å². The SMILES string of the molecule is CCNCC(C)(CC)CN1CCN(c2ccccc2)CC1. The van der Waals surface area contributed by atoms with Gasteiger partial charge in [0.1, 0.15) is 0 Å². The fourth-order valence-corrected chi connectivity index (χ4v) is 3.06. The zero-order valence-corrected chi connectivity index (χ0v) is 13.9. The molecule has 3 heteroatoms. The zero-order chi connectivity index (χ0) is 15.1. The van der Waals surface area contributed by atoms with E-state index in [-0.39, 0.29) is 0 Å². The highest BCUT2D eigenvalue weighted by molar-refractivity contribution is 5.46. The second-order valence-electron chi connectivity index (χ2n) is 6.54. The maximum atomic E-state index is 3.53. The average Bonchev–Trinajstić information content (AvgIpc) is 2.54. The van der Waals surface area contributed by atoms with Crippen molar-refractivity contribution in [3.8, 4) is 0 Å².